The van der Waals surface area contributed by atoms with E-state index in [2.05, 4.69) is 5.32 Å². The normalized spacial score (nSPS) is 21.7. The van der Waals surface area contributed by atoms with Crippen molar-refractivity contribution in [2.45, 2.75) is 37.1 Å². The molecule has 164 valence electrons. The summed E-state index contributed by atoms with van der Waals surface area (Å²) in [7, 11) is 0. The largest absolute Gasteiger partial charge is 0.328 e. The van der Waals surface area contributed by atoms with Gasteiger partial charge in [-0.15, -0.1) is 11.8 Å². The molecule has 8 heteroatoms. The fraction of sp³-hybridized carbons (Fsp3) is 0.292. The highest BCUT2D eigenvalue weighted by molar-refractivity contribution is 8.03. The summed E-state index contributed by atoms with van der Waals surface area (Å²) in [5, 5.41) is 4.12. The van der Waals surface area contributed by atoms with E-state index in [1.54, 1.807) is 29.7 Å². The van der Waals surface area contributed by atoms with Crippen LogP contribution in [0.25, 0.3) is 0 Å². The van der Waals surface area contributed by atoms with Gasteiger partial charge in [0.25, 0.3) is 0 Å². The number of carbonyl (C=O) groups excluding carboxylic acids is 3. The summed E-state index contributed by atoms with van der Waals surface area (Å²) in [5.74, 6) is -1.18. The standard InChI is InChI=1S/C24H22FN3O3S/c25-19-7-2-1-4-17(19)13-28-23(30)22-20(10-11-32-22)27(24(28)31)14-21(29)26-18-9-8-15-5-3-6-16(15)12-18/h1-2,4,7-12,20,22H,3,5-6,13-14H2,(H,26,29). The van der Waals surface area contributed by atoms with Gasteiger partial charge >= 0.3 is 6.03 Å². The number of rotatable bonds is 5. The number of carbonyl (C=O) groups is 3. The average Bonchev–Trinajstić information content (AvgIpc) is 3.45. The van der Waals surface area contributed by atoms with Gasteiger partial charge < -0.3 is 10.2 Å². The van der Waals surface area contributed by atoms with E-state index >= 15 is 0 Å². The Labute approximate surface area is 189 Å². The van der Waals surface area contributed by atoms with Crippen LogP contribution in [-0.4, -0.2) is 45.5 Å². The second-order valence-corrected chi connectivity index (χ2v) is 9.24. The first-order chi connectivity index (χ1) is 15.5. The third-order valence-electron chi connectivity index (χ3n) is 6.14. The number of halogens is 1. The molecule has 32 heavy (non-hydrogen) atoms. The Bertz CT molecular complexity index is 1140. The van der Waals surface area contributed by atoms with E-state index in [1.165, 1.54) is 33.9 Å². The van der Waals surface area contributed by atoms with E-state index in [-0.39, 0.29) is 30.5 Å². The molecule has 2 aliphatic heterocycles. The van der Waals surface area contributed by atoms with Gasteiger partial charge in [-0.25, -0.2) is 9.18 Å². The Kier molecular flexibility index (Phi) is 5.46. The van der Waals surface area contributed by atoms with Crippen molar-refractivity contribution in [3.8, 4) is 0 Å². The van der Waals surface area contributed by atoms with Gasteiger partial charge in [-0.05, 0) is 54.0 Å². The first-order valence-corrected chi connectivity index (χ1v) is 11.5. The van der Waals surface area contributed by atoms with Gasteiger partial charge in [-0.3, -0.25) is 14.5 Å². The SMILES string of the molecule is O=C(CN1C(=O)N(Cc2ccccc2F)C(=O)C2SC=CC21)Nc1ccc2c(c1)CCC2. The average molecular weight is 452 g/mol. The van der Waals surface area contributed by atoms with E-state index in [9.17, 15) is 18.8 Å². The second kappa shape index (κ2) is 8.43. The monoisotopic (exact) mass is 451 g/mol. The van der Waals surface area contributed by atoms with Gasteiger partial charge in [0, 0.05) is 11.3 Å². The lowest BCUT2D eigenvalue weighted by Crippen LogP contribution is -2.62. The van der Waals surface area contributed by atoms with Gasteiger partial charge in [0.05, 0.1) is 12.6 Å². The summed E-state index contributed by atoms with van der Waals surface area (Å²) in [4.78, 5) is 41.4. The van der Waals surface area contributed by atoms with Crippen LogP contribution in [0.1, 0.15) is 23.1 Å². The number of thioether (sulfide) groups is 1. The quantitative estimate of drug-likeness (QED) is 0.753. The Balaban J connectivity index is 1.34. The highest BCUT2D eigenvalue weighted by atomic mass is 32.2. The number of anilines is 1. The summed E-state index contributed by atoms with van der Waals surface area (Å²) in [6, 6.07) is 10.9. The van der Waals surface area contributed by atoms with Crippen LogP contribution in [0.2, 0.25) is 0 Å². The van der Waals surface area contributed by atoms with E-state index in [4.69, 9.17) is 0 Å². The minimum atomic E-state index is -0.587. The van der Waals surface area contributed by atoms with Crippen LogP contribution >= 0.6 is 11.8 Å². The van der Waals surface area contributed by atoms with Crippen LogP contribution < -0.4 is 5.32 Å². The van der Waals surface area contributed by atoms with Gasteiger partial charge in [0.15, 0.2) is 0 Å². The van der Waals surface area contributed by atoms with Gasteiger partial charge in [0.1, 0.15) is 17.6 Å². The maximum atomic E-state index is 14.2. The van der Waals surface area contributed by atoms with E-state index in [0.717, 1.165) is 24.2 Å². The predicted octanol–water partition coefficient (Wildman–Crippen LogP) is 3.72. The summed E-state index contributed by atoms with van der Waals surface area (Å²) < 4.78 is 14.2. The zero-order chi connectivity index (χ0) is 22.2. The van der Waals surface area contributed by atoms with Crippen molar-refractivity contribution in [3.05, 3.63) is 76.5 Å². The lowest BCUT2D eigenvalue weighted by molar-refractivity contribution is -0.133. The molecule has 0 spiro atoms. The first-order valence-electron chi connectivity index (χ1n) is 10.6. The number of amides is 4. The maximum absolute atomic E-state index is 14.2. The zero-order valence-corrected chi connectivity index (χ0v) is 18.1. The number of urea groups is 1. The summed E-state index contributed by atoms with van der Waals surface area (Å²) in [5.41, 5.74) is 3.51. The molecule has 0 radical (unpaired) electrons. The molecule has 1 saturated heterocycles. The first kappa shape index (κ1) is 20.8. The van der Waals surface area contributed by atoms with Crippen LogP contribution in [0.4, 0.5) is 14.9 Å². The van der Waals surface area contributed by atoms with E-state index < -0.39 is 23.1 Å². The summed E-state index contributed by atoms with van der Waals surface area (Å²) >= 11 is 1.31. The number of nitrogens with one attached hydrogen (secondary N) is 1. The summed E-state index contributed by atoms with van der Waals surface area (Å²) in [6.45, 7) is -0.361. The Morgan fingerprint density at radius 2 is 1.94 bits per heavy atom. The van der Waals surface area contributed by atoms with Crippen LogP contribution in [0.3, 0.4) is 0 Å². The zero-order valence-electron chi connectivity index (χ0n) is 17.3. The van der Waals surface area contributed by atoms with Crippen LogP contribution in [0.15, 0.2) is 53.9 Å². The maximum Gasteiger partial charge on any atom is 0.328 e. The molecule has 2 aromatic carbocycles. The molecule has 2 unspecified atom stereocenters. The second-order valence-electron chi connectivity index (χ2n) is 8.19. The lowest BCUT2D eigenvalue weighted by Gasteiger charge is -2.40. The highest BCUT2D eigenvalue weighted by Gasteiger charge is 2.47. The molecule has 2 atom stereocenters. The molecule has 2 heterocycles. The molecule has 0 bridgehead atoms. The topological polar surface area (TPSA) is 69.7 Å². The molecule has 0 saturated carbocycles. The number of imide groups is 1. The van der Waals surface area contributed by atoms with Crippen molar-refractivity contribution in [3.63, 3.8) is 0 Å². The van der Waals surface area contributed by atoms with E-state index in [0.29, 0.717) is 5.69 Å². The molecular weight excluding hydrogens is 429 g/mol. The molecule has 5 rings (SSSR count). The number of hydrogen-bond donors (Lipinski definition) is 1. The van der Waals surface area contributed by atoms with Crippen molar-refractivity contribution in [2.24, 2.45) is 0 Å². The molecule has 2 aromatic rings. The van der Waals surface area contributed by atoms with Gasteiger partial charge in [0.2, 0.25) is 11.8 Å². The minimum absolute atomic E-state index is 0.170. The summed E-state index contributed by atoms with van der Waals surface area (Å²) in [6.07, 6.45) is 4.95. The van der Waals surface area contributed by atoms with Crippen LogP contribution in [0, 0.1) is 5.82 Å². The Morgan fingerprint density at radius 3 is 2.78 bits per heavy atom. The molecule has 1 aliphatic carbocycles. The van der Waals surface area contributed by atoms with Crippen LogP contribution in [-0.2, 0) is 29.0 Å². The Morgan fingerprint density at radius 1 is 1.12 bits per heavy atom. The highest BCUT2D eigenvalue weighted by Crippen LogP contribution is 2.35. The molecule has 1 fully saturated rings. The number of fused-ring (bicyclic) bond motifs is 2. The predicted molar refractivity (Wildman–Crippen MR) is 120 cm³/mol. The van der Waals surface area contributed by atoms with Crippen molar-refractivity contribution in [1.82, 2.24) is 9.80 Å². The van der Waals surface area contributed by atoms with Crippen molar-refractivity contribution < 1.29 is 18.8 Å². The van der Waals surface area contributed by atoms with Crippen LogP contribution in [0.5, 0.6) is 0 Å². The third-order valence-corrected chi connectivity index (χ3v) is 7.23. The smallest absolute Gasteiger partial charge is 0.325 e. The molecule has 4 amide bonds. The van der Waals surface area contributed by atoms with Crippen molar-refractivity contribution >= 4 is 35.3 Å². The fourth-order valence-corrected chi connectivity index (χ4v) is 5.58. The Hall–Kier alpha value is -3.13. The van der Waals surface area contributed by atoms with E-state index in [1.807, 2.05) is 18.2 Å². The minimum Gasteiger partial charge on any atom is -0.325 e. The molecule has 0 aromatic heterocycles. The number of hydrogen-bond acceptors (Lipinski definition) is 4. The van der Waals surface area contributed by atoms with Gasteiger partial charge in [-0.2, -0.15) is 0 Å². The third kappa shape index (κ3) is 3.79. The lowest BCUT2D eigenvalue weighted by atomic mass is 10.1. The number of nitrogens with zero attached hydrogens (tertiary/aromatic N) is 2. The fourth-order valence-electron chi connectivity index (χ4n) is 4.51. The molecular formula is C24H22FN3O3S. The molecule has 6 nitrogen and oxygen atoms in total. The number of aryl methyl sites for hydroxylation is 2. The van der Waals surface area contributed by atoms with Crippen molar-refractivity contribution in [2.75, 3.05) is 11.9 Å². The van der Waals surface area contributed by atoms with Gasteiger partial charge in [-0.1, -0.05) is 30.3 Å². The van der Waals surface area contributed by atoms with Crippen molar-refractivity contribution in [1.29, 1.82) is 0 Å². The molecule has 3 aliphatic rings. The molecule has 1 N–H and O–H groups in total. The number of benzene rings is 2.